The van der Waals surface area contributed by atoms with Crippen molar-refractivity contribution >= 4 is 61.0 Å². The van der Waals surface area contributed by atoms with Gasteiger partial charge in [0.1, 0.15) is 16.7 Å². The van der Waals surface area contributed by atoms with Crippen molar-refractivity contribution in [2.45, 2.75) is 90.7 Å². The van der Waals surface area contributed by atoms with Crippen LogP contribution in [0, 0.1) is 0 Å². The molecular formula is C30H38BrN3O8S. The van der Waals surface area contributed by atoms with E-state index < -0.39 is 39.4 Å². The van der Waals surface area contributed by atoms with E-state index in [4.69, 9.17) is 14.2 Å². The molecule has 0 bridgehead atoms. The molecular weight excluding hydrogens is 642 g/mol. The Hall–Kier alpha value is -3.45. The van der Waals surface area contributed by atoms with E-state index >= 15 is 0 Å². The standard InChI is InChI=1S/C30H38BrN3O8S/c1-11-40-25(35)24-22(31)23-20(33(24)26(36)41-29(5,6)7)16-17-21(32-23)34(27(37)42-30(8,9)10)43(38,39)19-14-12-18(13-15-19)28(2,3)4/h12-17H,11H2,1-10H3. The maximum Gasteiger partial charge on any atom is 0.430 e. The predicted molar refractivity (Wildman–Crippen MR) is 166 cm³/mol. The fourth-order valence-corrected chi connectivity index (χ4v) is 5.86. The first-order valence-corrected chi connectivity index (χ1v) is 15.8. The van der Waals surface area contributed by atoms with E-state index in [1.54, 1.807) is 60.6 Å². The molecule has 2 aromatic heterocycles. The summed E-state index contributed by atoms with van der Waals surface area (Å²) in [4.78, 5) is 44.0. The second-order valence-electron chi connectivity index (χ2n) is 12.8. The molecule has 234 valence electrons. The highest BCUT2D eigenvalue weighted by Crippen LogP contribution is 2.35. The SMILES string of the molecule is CCOC(=O)c1c(Br)c2nc(N(C(=O)OC(C)(C)C)S(=O)(=O)c3ccc(C(C)(C)C)cc3)ccc2n1C(=O)OC(C)(C)C. The lowest BCUT2D eigenvalue weighted by Gasteiger charge is -2.27. The highest BCUT2D eigenvalue weighted by molar-refractivity contribution is 9.10. The molecule has 3 aromatic rings. The molecule has 3 rings (SSSR count). The van der Waals surface area contributed by atoms with Crippen LogP contribution in [-0.2, 0) is 29.6 Å². The number of benzene rings is 1. The molecule has 0 aliphatic heterocycles. The monoisotopic (exact) mass is 679 g/mol. The molecule has 1 amide bonds. The summed E-state index contributed by atoms with van der Waals surface area (Å²) in [6.45, 7) is 17.4. The number of anilines is 1. The van der Waals surface area contributed by atoms with Gasteiger partial charge in [0.25, 0.3) is 10.0 Å². The van der Waals surface area contributed by atoms with Crippen molar-refractivity contribution in [1.29, 1.82) is 0 Å². The van der Waals surface area contributed by atoms with Crippen LogP contribution in [0.3, 0.4) is 0 Å². The second-order valence-corrected chi connectivity index (χ2v) is 15.3. The number of ether oxygens (including phenoxy) is 3. The Kier molecular flexibility index (Phi) is 9.43. The third-order valence-electron chi connectivity index (χ3n) is 5.81. The van der Waals surface area contributed by atoms with Gasteiger partial charge in [-0.1, -0.05) is 32.9 Å². The van der Waals surface area contributed by atoms with Gasteiger partial charge < -0.3 is 14.2 Å². The lowest BCUT2D eigenvalue weighted by atomic mass is 9.87. The first kappa shape index (κ1) is 34.0. The summed E-state index contributed by atoms with van der Waals surface area (Å²) in [6.07, 6.45) is -2.07. The second kappa shape index (κ2) is 11.9. The molecule has 0 N–H and O–H groups in total. The number of sulfonamides is 1. The molecule has 43 heavy (non-hydrogen) atoms. The first-order valence-electron chi connectivity index (χ1n) is 13.6. The van der Waals surface area contributed by atoms with Crippen molar-refractivity contribution in [3.05, 3.63) is 52.1 Å². The van der Waals surface area contributed by atoms with E-state index in [0.29, 0.717) is 4.31 Å². The van der Waals surface area contributed by atoms with Gasteiger partial charge in [-0.25, -0.2) is 32.4 Å². The zero-order valence-corrected chi connectivity index (χ0v) is 28.5. The van der Waals surface area contributed by atoms with Gasteiger partial charge in [-0.15, -0.1) is 0 Å². The number of halogens is 1. The van der Waals surface area contributed by atoms with Crippen LogP contribution in [0.25, 0.3) is 11.0 Å². The van der Waals surface area contributed by atoms with E-state index in [0.717, 1.165) is 10.1 Å². The Bertz CT molecular complexity index is 1660. The zero-order valence-electron chi connectivity index (χ0n) is 26.1. The van der Waals surface area contributed by atoms with Crippen LogP contribution in [0.1, 0.15) is 85.3 Å². The van der Waals surface area contributed by atoms with E-state index in [1.165, 1.54) is 24.3 Å². The predicted octanol–water partition coefficient (Wildman–Crippen LogP) is 7.19. The topological polar surface area (TPSA) is 134 Å². The lowest BCUT2D eigenvalue weighted by Crippen LogP contribution is -2.41. The normalized spacial score (nSPS) is 12.6. The number of hydrogen-bond donors (Lipinski definition) is 0. The van der Waals surface area contributed by atoms with Gasteiger partial charge in [-0.3, -0.25) is 0 Å². The van der Waals surface area contributed by atoms with Gasteiger partial charge in [-0.2, -0.15) is 4.31 Å². The molecule has 0 saturated heterocycles. The van der Waals surface area contributed by atoms with Crippen molar-refractivity contribution in [2.24, 2.45) is 0 Å². The molecule has 0 saturated carbocycles. The molecule has 0 fully saturated rings. The molecule has 0 radical (unpaired) electrons. The van der Waals surface area contributed by atoms with E-state index in [1.807, 2.05) is 20.8 Å². The molecule has 1 aromatic carbocycles. The quantitative estimate of drug-likeness (QED) is 0.203. The van der Waals surface area contributed by atoms with Crippen LogP contribution >= 0.6 is 15.9 Å². The van der Waals surface area contributed by atoms with Crippen molar-refractivity contribution in [3.8, 4) is 0 Å². The third-order valence-corrected chi connectivity index (χ3v) is 8.25. The Balaban J connectivity index is 2.29. The molecule has 11 nitrogen and oxygen atoms in total. The van der Waals surface area contributed by atoms with Gasteiger partial charge in [0.2, 0.25) is 0 Å². The summed E-state index contributed by atoms with van der Waals surface area (Å²) in [7, 11) is -4.55. The number of hydrogen-bond acceptors (Lipinski definition) is 9. The van der Waals surface area contributed by atoms with E-state index in [2.05, 4.69) is 20.9 Å². The average Bonchev–Trinajstić information content (AvgIpc) is 3.13. The van der Waals surface area contributed by atoms with E-state index in [9.17, 15) is 22.8 Å². The summed E-state index contributed by atoms with van der Waals surface area (Å²) < 4.78 is 45.7. The van der Waals surface area contributed by atoms with Crippen LogP contribution in [-0.4, -0.2) is 53.9 Å². The van der Waals surface area contributed by atoms with Crippen LogP contribution in [0.5, 0.6) is 0 Å². The third kappa shape index (κ3) is 7.56. The van der Waals surface area contributed by atoms with Gasteiger partial charge in [0.05, 0.1) is 21.5 Å². The molecule has 0 spiro atoms. The highest BCUT2D eigenvalue weighted by atomic mass is 79.9. The number of aromatic nitrogens is 2. The number of rotatable bonds is 5. The number of fused-ring (bicyclic) bond motifs is 1. The molecule has 13 heteroatoms. The summed E-state index contributed by atoms with van der Waals surface area (Å²) >= 11 is 3.34. The minimum Gasteiger partial charge on any atom is -0.461 e. The lowest BCUT2D eigenvalue weighted by molar-refractivity contribution is 0.0453. The summed E-state index contributed by atoms with van der Waals surface area (Å²) in [5.41, 5.74) is -1.35. The Morgan fingerprint density at radius 3 is 1.93 bits per heavy atom. The number of carbonyl (C=O) groups excluding carboxylic acids is 3. The van der Waals surface area contributed by atoms with Crippen LogP contribution < -0.4 is 4.31 Å². The van der Waals surface area contributed by atoms with Crippen molar-refractivity contribution in [3.63, 3.8) is 0 Å². The average molecular weight is 681 g/mol. The van der Waals surface area contributed by atoms with E-state index in [-0.39, 0.29) is 43.9 Å². The Morgan fingerprint density at radius 1 is 0.884 bits per heavy atom. The molecule has 0 aliphatic carbocycles. The maximum absolute atomic E-state index is 14.0. The molecule has 0 unspecified atom stereocenters. The molecule has 2 heterocycles. The van der Waals surface area contributed by atoms with Gasteiger partial charge >= 0.3 is 18.2 Å². The fourth-order valence-electron chi connectivity index (χ4n) is 3.96. The summed E-state index contributed by atoms with van der Waals surface area (Å²) in [5.74, 6) is -1.16. The summed E-state index contributed by atoms with van der Waals surface area (Å²) in [5, 5.41) is 0. The van der Waals surface area contributed by atoms with Crippen LogP contribution in [0.15, 0.2) is 45.8 Å². The minimum atomic E-state index is -4.55. The fraction of sp³-hybridized carbons (Fsp3) is 0.467. The van der Waals surface area contributed by atoms with Crippen LogP contribution in [0.4, 0.5) is 15.4 Å². The number of pyridine rings is 1. The maximum atomic E-state index is 14.0. The number of nitrogens with zero attached hydrogens (tertiary/aromatic N) is 3. The van der Waals surface area contributed by atoms with Crippen LogP contribution in [0.2, 0.25) is 0 Å². The van der Waals surface area contributed by atoms with Gasteiger partial charge in [0.15, 0.2) is 11.5 Å². The minimum absolute atomic E-state index is 0.0123. The molecule has 0 atom stereocenters. The number of esters is 1. The Morgan fingerprint density at radius 2 is 1.44 bits per heavy atom. The number of carbonyl (C=O) groups is 3. The highest BCUT2D eigenvalue weighted by Gasteiger charge is 2.37. The summed E-state index contributed by atoms with van der Waals surface area (Å²) in [6, 6.07) is 8.80. The zero-order chi connectivity index (χ0) is 32.7. The van der Waals surface area contributed by atoms with Crippen molar-refractivity contribution in [1.82, 2.24) is 9.55 Å². The van der Waals surface area contributed by atoms with Gasteiger partial charge in [0, 0.05) is 0 Å². The van der Waals surface area contributed by atoms with Gasteiger partial charge in [-0.05, 0) is 99.6 Å². The molecule has 0 aliphatic rings. The largest absolute Gasteiger partial charge is 0.461 e. The number of amides is 1. The van der Waals surface area contributed by atoms with Crippen molar-refractivity contribution < 1.29 is 37.0 Å². The smallest absolute Gasteiger partial charge is 0.430 e. The van der Waals surface area contributed by atoms with Crippen molar-refractivity contribution in [2.75, 3.05) is 10.9 Å². The first-order chi connectivity index (χ1) is 19.6. The Labute approximate surface area is 260 Å².